The van der Waals surface area contributed by atoms with E-state index < -0.39 is 10.0 Å². The molecule has 27 heavy (non-hydrogen) atoms. The Morgan fingerprint density at radius 2 is 2.07 bits per heavy atom. The van der Waals surface area contributed by atoms with Crippen LogP contribution in [0.1, 0.15) is 10.4 Å². The second-order valence-electron chi connectivity index (χ2n) is 6.20. The van der Waals surface area contributed by atoms with Gasteiger partial charge in [-0.2, -0.15) is 8.42 Å². The molecule has 1 aliphatic heterocycles. The normalized spacial score (nSPS) is 13.6. The molecule has 0 fully saturated rings. The van der Waals surface area contributed by atoms with E-state index in [0.717, 1.165) is 10.4 Å². The zero-order chi connectivity index (χ0) is 18.9. The van der Waals surface area contributed by atoms with Crippen LogP contribution in [-0.4, -0.2) is 30.4 Å². The first kappa shape index (κ1) is 17.7. The van der Waals surface area contributed by atoms with E-state index in [-0.39, 0.29) is 17.5 Å². The van der Waals surface area contributed by atoms with Gasteiger partial charge in [0.05, 0.1) is 18.6 Å². The lowest BCUT2D eigenvalue weighted by molar-refractivity contribution is -0.121. The average molecular weight is 403 g/mol. The number of para-hydroxylation sites is 1. The quantitative estimate of drug-likeness (QED) is 0.684. The number of nitrogens with one attached hydrogen (secondary N) is 1. The number of benzene rings is 1. The Hall–Kier alpha value is -2.65. The zero-order valence-electron chi connectivity index (χ0n) is 14.4. The largest absolute Gasteiger partial charge is 0.350 e. The Bertz CT molecular complexity index is 1060. The number of imidazole rings is 1. The number of anilines is 1. The maximum atomic E-state index is 12.9. The molecule has 0 spiro atoms. The van der Waals surface area contributed by atoms with Gasteiger partial charge in [-0.15, -0.1) is 11.3 Å². The third kappa shape index (κ3) is 3.60. The number of fused-ring (bicyclic) bond motifs is 1. The van der Waals surface area contributed by atoms with Crippen molar-refractivity contribution in [2.24, 2.45) is 0 Å². The molecule has 0 unspecified atom stereocenters. The van der Waals surface area contributed by atoms with Gasteiger partial charge in [-0.25, -0.2) is 4.98 Å². The number of hydrogen-bond donors (Lipinski definition) is 1. The number of sulfonamides is 1. The molecule has 140 valence electrons. The average Bonchev–Trinajstić information content (AvgIpc) is 3.40. The lowest BCUT2D eigenvalue weighted by Crippen LogP contribution is -2.29. The van der Waals surface area contributed by atoms with Crippen LogP contribution in [0.5, 0.6) is 0 Å². The highest BCUT2D eigenvalue weighted by atomic mass is 32.2. The molecular formula is C18H18N4O3S2. The van der Waals surface area contributed by atoms with Gasteiger partial charge in [-0.05, 0) is 29.5 Å². The summed E-state index contributed by atoms with van der Waals surface area (Å²) >= 11 is 1.57. The van der Waals surface area contributed by atoms with E-state index in [9.17, 15) is 13.2 Å². The molecule has 0 radical (unpaired) electrons. The van der Waals surface area contributed by atoms with Gasteiger partial charge in [0.1, 0.15) is 6.54 Å². The number of hydrogen-bond acceptors (Lipinski definition) is 5. The fraction of sp³-hybridized carbons (Fsp3) is 0.222. The first-order valence-electron chi connectivity index (χ1n) is 8.45. The molecule has 3 heterocycles. The fourth-order valence-corrected chi connectivity index (χ4v) is 5.14. The van der Waals surface area contributed by atoms with Crippen LogP contribution in [0.3, 0.4) is 0 Å². The van der Waals surface area contributed by atoms with Crippen molar-refractivity contribution in [3.63, 3.8) is 0 Å². The third-order valence-electron chi connectivity index (χ3n) is 4.37. The highest BCUT2D eigenvalue weighted by Gasteiger charge is 2.32. The first-order valence-corrected chi connectivity index (χ1v) is 10.8. The number of rotatable bonds is 6. The summed E-state index contributed by atoms with van der Waals surface area (Å²) in [5.74, 6) is -0.198. The molecule has 7 nitrogen and oxygen atoms in total. The van der Waals surface area contributed by atoms with Crippen LogP contribution in [0, 0.1) is 0 Å². The Balaban J connectivity index is 1.45. The zero-order valence-corrected chi connectivity index (χ0v) is 16.0. The molecule has 1 amide bonds. The lowest BCUT2D eigenvalue weighted by atomic mass is 10.2. The van der Waals surface area contributed by atoms with Crippen molar-refractivity contribution >= 4 is 33.0 Å². The van der Waals surface area contributed by atoms with Crippen molar-refractivity contribution in [1.29, 1.82) is 0 Å². The van der Waals surface area contributed by atoms with Crippen molar-refractivity contribution < 1.29 is 13.2 Å². The number of carbonyl (C=O) groups is 1. The van der Waals surface area contributed by atoms with E-state index in [0.29, 0.717) is 25.2 Å². The van der Waals surface area contributed by atoms with Crippen molar-refractivity contribution in [3.8, 4) is 0 Å². The highest BCUT2D eigenvalue weighted by Crippen LogP contribution is 2.32. The van der Waals surface area contributed by atoms with Gasteiger partial charge in [0.15, 0.2) is 5.03 Å². The van der Waals surface area contributed by atoms with Crippen LogP contribution in [0.25, 0.3) is 0 Å². The monoisotopic (exact) mass is 402 g/mol. The van der Waals surface area contributed by atoms with Gasteiger partial charge in [-0.1, -0.05) is 24.3 Å². The highest BCUT2D eigenvalue weighted by molar-refractivity contribution is 7.92. The second-order valence-corrected chi connectivity index (χ2v) is 9.04. The third-order valence-corrected chi connectivity index (χ3v) is 6.95. The summed E-state index contributed by atoms with van der Waals surface area (Å²) < 4.78 is 28.7. The molecule has 4 rings (SSSR count). The van der Waals surface area contributed by atoms with Crippen molar-refractivity contribution in [2.75, 3.05) is 10.8 Å². The number of aromatic nitrogens is 2. The number of thiophene rings is 1. The summed E-state index contributed by atoms with van der Waals surface area (Å²) in [5, 5.41) is 4.71. The smallest absolute Gasteiger partial charge is 0.283 e. The van der Waals surface area contributed by atoms with E-state index in [1.807, 2.05) is 35.7 Å². The van der Waals surface area contributed by atoms with Crippen LogP contribution in [0.15, 0.2) is 59.3 Å². The van der Waals surface area contributed by atoms with Gasteiger partial charge in [0.2, 0.25) is 5.91 Å². The van der Waals surface area contributed by atoms with E-state index in [1.54, 1.807) is 17.4 Å². The van der Waals surface area contributed by atoms with Gasteiger partial charge in [0.25, 0.3) is 10.0 Å². The molecular weight excluding hydrogens is 384 g/mol. The summed E-state index contributed by atoms with van der Waals surface area (Å²) in [6, 6.07) is 11.3. The van der Waals surface area contributed by atoms with Crippen molar-refractivity contribution in [3.05, 3.63) is 64.7 Å². The Morgan fingerprint density at radius 3 is 2.89 bits per heavy atom. The van der Waals surface area contributed by atoms with Crippen molar-refractivity contribution in [1.82, 2.24) is 14.9 Å². The molecule has 0 saturated carbocycles. The van der Waals surface area contributed by atoms with Gasteiger partial charge >= 0.3 is 0 Å². The van der Waals surface area contributed by atoms with E-state index in [4.69, 9.17) is 0 Å². The van der Waals surface area contributed by atoms with Crippen LogP contribution >= 0.6 is 11.3 Å². The summed E-state index contributed by atoms with van der Waals surface area (Å²) in [7, 11) is -3.74. The maximum Gasteiger partial charge on any atom is 0.283 e. The second kappa shape index (κ2) is 7.16. The molecule has 9 heteroatoms. The molecule has 0 bridgehead atoms. The number of nitrogens with zero attached hydrogens (tertiary/aromatic N) is 3. The predicted octanol–water partition coefficient (Wildman–Crippen LogP) is 2.01. The summed E-state index contributed by atoms with van der Waals surface area (Å²) in [6.07, 6.45) is 3.46. The van der Waals surface area contributed by atoms with Crippen LogP contribution < -0.4 is 9.62 Å². The van der Waals surface area contributed by atoms with Gasteiger partial charge in [-0.3, -0.25) is 9.10 Å². The van der Waals surface area contributed by atoms with Crippen LogP contribution in [-0.2, 0) is 34.3 Å². The lowest BCUT2D eigenvalue weighted by Gasteiger charge is -2.17. The minimum absolute atomic E-state index is 0.0183. The molecule has 0 saturated heterocycles. The first-order chi connectivity index (χ1) is 13.0. The molecule has 1 aromatic carbocycles. The van der Waals surface area contributed by atoms with Crippen LogP contribution in [0.2, 0.25) is 0 Å². The standard InChI is InChI=1S/C18H18N4O3S2/c23-17(19-10-15-5-3-9-26-15)11-21-12-18(20-13-21)27(24,25)22-8-7-14-4-1-2-6-16(14)22/h1-6,9,12-13H,7-8,10-11H2,(H,19,23). The summed E-state index contributed by atoms with van der Waals surface area (Å²) in [6.45, 7) is 0.876. The van der Waals surface area contributed by atoms with Crippen LogP contribution in [0.4, 0.5) is 5.69 Å². The Morgan fingerprint density at radius 1 is 1.22 bits per heavy atom. The predicted molar refractivity (Wildman–Crippen MR) is 103 cm³/mol. The minimum Gasteiger partial charge on any atom is -0.350 e. The molecule has 0 aliphatic carbocycles. The SMILES string of the molecule is O=C(Cn1cnc(S(=O)(=O)N2CCc3ccccc32)c1)NCc1cccs1. The number of amides is 1. The topological polar surface area (TPSA) is 84.3 Å². The fourth-order valence-electron chi connectivity index (χ4n) is 3.05. The van der Waals surface area contributed by atoms with E-state index >= 15 is 0 Å². The Labute approximate surface area is 161 Å². The Kier molecular flexibility index (Phi) is 4.71. The number of carbonyl (C=O) groups excluding carboxylic acids is 1. The van der Waals surface area contributed by atoms with E-state index in [1.165, 1.54) is 21.4 Å². The minimum atomic E-state index is -3.74. The molecule has 2 aromatic heterocycles. The van der Waals surface area contributed by atoms with Gasteiger partial charge in [0, 0.05) is 17.6 Å². The summed E-state index contributed by atoms with van der Waals surface area (Å²) in [5.41, 5.74) is 1.70. The summed E-state index contributed by atoms with van der Waals surface area (Å²) in [4.78, 5) is 17.2. The molecule has 0 atom stereocenters. The van der Waals surface area contributed by atoms with E-state index in [2.05, 4.69) is 10.3 Å². The molecule has 1 N–H and O–H groups in total. The van der Waals surface area contributed by atoms with Gasteiger partial charge < -0.3 is 9.88 Å². The van der Waals surface area contributed by atoms with Crippen molar-refractivity contribution in [2.45, 2.75) is 24.5 Å². The molecule has 1 aliphatic rings. The maximum absolute atomic E-state index is 12.9. The molecule has 3 aromatic rings.